The lowest BCUT2D eigenvalue weighted by atomic mass is 10.0. The van der Waals surface area contributed by atoms with Crippen LogP contribution in [-0.4, -0.2) is 20.1 Å². The molecule has 0 aliphatic rings. The quantitative estimate of drug-likeness (QED) is 0.833. The monoisotopic (exact) mass is 279 g/mol. The van der Waals surface area contributed by atoms with Gasteiger partial charge < -0.3 is 14.8 Å². The van der Waals surface area contributed by atoms with E-state index >= 15 is 0 Å². The first kappa shape index (κ1) is 16.3. The molecule has 1 N–H and O–H groups in total. The van der Waals surface area contributed by atoms with Crippen LogP contribution in [0.5, 0.6) is 11.5 Å². The number of rotatable bonds is 7. The van der Waals surface area contributed by atoms with Gasteiger partial charge in [0.15, 0.2) is 11.5 Å². The Hall–Kier alpha value is -1.71. The maximum Gasteiger partial charge on any atom is 0.223 e. The predicted molar refractivity (Wildman–Crippen MR) is 80.2 cm³/mol. The van der Waals surface area contributed by atoms with E-state index in [1.807, 2.05) is 39.0 Å². The number of amides is 1. The van der Waals surface area contributed by atoms with E-state index in [4.69, 9.17) is 9.47 Å². The van der Waals surface area contributed by atoms with Crippen LogP contribution in [0.1, 0.15) is 45.2 Å². The zero-order chi connectivity index (χ0) is 15.1. The summed E-state index contributed by atoms with van der Waals surface area (Å²) in [6.07, 6.45) is 1.72. The third-order valence-corrected chi connectivity index (χ3v) is 3.62. The van der Waals surface area contributed by atoms with Crippen LogP contribution in [0.2, 0.25) is 0 Å². The number of ether oxygens (including phenoxy) is 2. The van der Waals surface area contributed by atoms with Crippen molar-refractivity contribution in [3.63, 3.8) is 0 Å². The number of carbonyl (C=O) groups excluding carboxylic acids is 1. The van der Waals surface area contributed by atoms with E-state index in [1.54, 1.807) is 14.2 Å². The topological polar surface area (TPSA) is 47.6 Å². The number of methoxy groups -OCH3 is 2. The lowest BCUT2D eigenvalue weighted by molar-refractivity contribution is -0.125. The van der Waals surface area contributed by atoms with Gasteiger partial charge in [0.2, 0.25) is 5.91 Å². The molecule has 0 saturated carbocycles. The molecule has 1 amide bonds. The second-order valence-electron chi connectivity index (χ2n) is 4.86. The summed E-state index contributed by atoms with van der Waals surface area (Å²) < 4.78 is 10.5. The van der Waals surface area contributed by atoms with Crippen molar-refractivity contribution in [3.05, 3.63) is 23.8 Å². The van der Waals surface area contributed by atoms with Crippen LogP contribution in [0.4, 0.5) is 0 Å². The smallest absolute Gasteiger partial charge is 0.223 e. The normalized spacial score (nSPS) is 12.1. The minimum atomic E-state index is -0.0529. The van der Waals surface area contributed by atoms with Gasteiger partial charge in [-0.2, -0.15) is 0 Å². The van der Waals surface area contributed by atoms with Crippen LogP contribution >= 0.6 is 0 Å². The summed E-state index contributed by atoms with van der Waals surface area (Å²) in [6.45, 7) is 6.05. The molecule has 0 fully saturated rings. The van der Waals surface area contributed by atoms with Crippen molar-refractivity contribution in [3.8, 4) is 11.5 Å². The first-order valence-electron chi connectivity index (χ1n) is 7.09. The molecule has 0 aliphatic carbocycles. The molecule has 0 radical (unpaired) electrons. The number of carbonyl (C=O) groups is 1. The van der Waals surface area contributed by atoms with Gasteiger partial charge in [-0.25, -0.2) is 0 Å². The van der Waals surface area contributed by atoms with Crippen molar-refractivity contribution in [2.75, 3.05) is 14.2 Å². The Labute approximate surface area is 121 Å². The molecule has 0 spiro atoms. The summed E-state index contributed by atoms with van der Waals surface area (Å²) in [5, 5.41) is 3.05. The van der Waals surface area contributed by atoms with Crippen LogP contribution in [-0.2, 0) is 4.79 Å². The Morgan fingerprint density at radius 2 is 1.75 bits per heavy atom. The molecule has 112 valence electrons. The van der Waals surface area contributed by atoms with E-state index in [0.29, 0.717) is 11.5 Å². The molecule has 20 heavy (non-hydrogen) atoms. The molecule has 4 heteroatoms. The van der Waals surface area contributed by atoms with Gasteiger partial charge in [-0.1, -0.05) is 19.9 Å². The molecular formula is C16H25NO3. The maximum absolute atomic E-state index is 12.1. The molecule has 0 heterocycles. The van der Waals surface area contributed by atoms with E-state index < -0.39 is 0 Å². The molecule has 4 nitrogen and oxygen atoms in total. The summed E-state index contributed by atoms with van der Waals surface area (Å²) in [5.41, 5.74) is 1.00. The predicted octanol–water partition coefficient (Wildman–Crippen LogP) is 3.32. The molecule has 0 saturated heterocycles. The van der Waals surface area contributed by atoms with Crippen LogP contribution in [0.25, 0.3) is 0 Å². The summed E-state index contributed by atoms with van der Waals surface area (Å²) in [7, 11) is 3.21. The number of hydrogen-bond acceptors (Lipinski definition) is 3. The highest BCUT2D eigenvalue weighted by Crippen LogP contribution is 2.30. The van der Waals surface area contributed by atoms with Crippen LogP contribution in [0, 0.1) is 5.92 Å². The Morgan fingerprint density at radius 1 is 1.15 bits per heavy atom. The molecule has 0 aliphatic heterocycles. The number of hydrogen-bond donors (Lipinski definition) is 1. The fourth-order valence-corrected chi connectivity index (χ4v) is 2.20. The largest absolute Gasteiger partial charge is 0.493 e. The van der Waals surface area contributed by atoms with Gasteiger partial charge in [-0.3, -0.25) is 4.79 Å². The standard InChI is InChI=1S/C16H25NO3/c1-6-12(7-2)16(18)17-11(3)13-8-9-14(19-4)15(10-13)20-5/h8-12H,6-7H2,1-5H3,(H,17,18)/t11-/m0/s1. The second-order valence-corrected chi connectivity index (χ2v) is 4.86. The van der Waals surface area contributed by atoms with Crippen molar-refractivity contribution in [1.82, 2.24) is 5.32 Å². The van der Waals surface area contributed by atoms with E-state index in [2.05, 4.69) is 5.32 Å². The third-order valence-electron chi connectivity index (χ3n) is 3.62. The Morgan fingerprint density at radius 3 is 2.25 bits per heavy atom. The van der Waals surface area contributed by atoms with Crippen LogP contribution in [0.3, 0.4) is 0 Å². The first-order valence-corrected chi connectivity index (χ1v) is 7.09. The first-order chi connectivity index (χ1) is 9.57. The summed E-state index contributed by atoms with van der Waals surface area (Å²) in [5.74, 6) is 1.55. The lowest BCUT2D eigenvalue weighted by Gasteiger charge is -2.19. The van der Waals surface area contributed by atoms with E-state index in [1.165, 1.54) is 0 Å². The maximum atomic E-state index is 12.1. The van der Waals surface area contributed by atoms with Gasteiger partial charge in [-0.05, 0) is 37.5 Å². The molecule has 0 bridgehead atoms. The van der Waals surface area contributed by atoms with Crippen molar-refractivity contribution < 1.29 is 14.3 Å². The SMILES string of the molecule is CCC(CC)C(=O)N[C@@H](C)c1ccc(OC)c(OC)c1. The zero-order valence-corrected chi connectivity index (χ0v) is 13.0. The van der Waals surface area contributed by atoms with Gasteiger partial charge in [0.1, 0.15) is 0 Å². The van der Waals surface area contributed by atoms with Crippen molar-refractivity contribution >= 4 is 5.91 Å². The van der Waals surface area contributed by atoms with Gasteiger partial charge in [-0.15, -0.1) is 0 Å². The van der Waals surface area contributed by atoms with E-state index in [9.17, 15) is 4.79 Å². The highest BCUT2D eigenvalue weighted by Gasteiger charge is 2.18. The van der Waals surface area contributed by atoms with Crippen molar-refractivity contribution in [2.45, 2.75) is 39.7 Å². The van der Waals surface area contributed by atoms with Gasteiger partial charge in [0.25, 0.3) is 0 Å². The number of benzene rings is 1. The summed E-state index contributed by atoms with van der Waals surface area (Å²) >= 11 is 0. The minimum absolute atomic E-state index is 0.0529. The summed E-state index contributed by atoms with van der Waals surface area (Å²) in [4.78, 5) is 12.1. The van der Waals surface area contributed by atoms with E-state index in [-0.39, 0.29) is 17.9 Å². The average molecular weight is 279 g/mol. The third kappa shape index (κ3) is 3.89. The minimum Gasteiger partial charge on any atom is -0.493 e. The van der Waals surface area contributed by atoms with Gasteiger partial charge >= 0.3 is 0 Å². The molecule has 1 atom stereocenters. The second kappa shape index (κ2) is 7.78. The Bertz CT molecular complexity index is 441. The lowest BCUT2D eigenvalue weighted by Crippen LogP contribution is -2.32. The summed E-state index contributed by atoms with van der Waals surface area (Å²) in [6, 6.07) is 5.65. The van der Waals surface area contributed by atoms with E-state index in [0.717, 1.165) is 18.4 Å². The Kier molecular flexibility index (Phi) is 6.36. The fourth-order valence-electron chi connectivity index (χ4n) is 2.20. The van der Waals surface area contributed by atoms with Crippen LogP contribution < -0.4 is 14.8 Å². The molecule has 1 rings (SSSR count). The van der Waals surface area contributed by atoms with Gasteiger partial charge in [0, 0.05) is 5.92 Å². The molecule has 0 aromatic heterocycles. The molecular weight excluding hydrogens is 254 g/mol. The number of nitrogens with one attached hydrogen (secondary N) is 1. The molecule has 0 unspecified atom stereocenters. The zero-order valence-electron chi connectivity index (χ0n) is 13.0. The molecule has 1 aromatic carbocycles. The fraction of sp³-hybridized carbons (Fsp3) is 0.562. The Balaban J connectivity index is 2.82. The van der Waals surface area contributed by atoms with Crippen LogP contribution in [0.15, 0.2) is 18.2 Å². The highest BCUT2D eigenvalue weighted by atomic mass is 16.5. The van der Waals surface area contributed by atoms with Crippen molar-refractivity contribution in [1.29, 1.82) is 0 Å². The average Bonchev–Trinajstić information content (AvgIpc) is 2.47. The molecule has 1 aromatic rings. The highest BCUT2D eigenvalue weighted by molar-refractivity contribution is 5.79. The van der Waals surface area contributed by atoms with Gasteiger partial charge in [0.05, 0.1) is 20.3 Å². The van der Waals surface area contributed by atoms with Crippen molar-refractivity contribution in [2.24, 2.45) is 5.92 Å².